The van der Waals surface area contributed by atoms with Gasteiger partial charge in [0.2, 0.25) is 5.91 Å². The number of sulfone groups is 1. The maximum absolute atomic E-state index is 12.7. The molecule has 0 heterocycles. The molecule has 2 rings (SSSR count). The molecular weight excluding hydrogens is 426 g/mol. The summed E-state index contributed by atoms with van der Waals surface area (Å²) in [6.07, 6.45) is 1.39. The zero-order valence-corrected chi connectivity index (χ0v) is 18.5. The highest BCUT2D eigenvalue weighted by atomic mass is 32.2. The molecule has 0 aliphatic rings. The Morgan fingerprint density at radius 1 is 0.968 bits per heavy atom. The van der Waals surface area contributed by atoms with Crippen LogP contribution in [0.15, 0.2) is 35.7 Å². The molecule has 0 radical (unpaired) electrons. The monoisotopic (exact) mass is 451 g/mol. The van der Waals surface area contributed by atoms with E-state index in [0.717, 1.165) is 5.41 Å². The molecule has 0 aromatic heterocycles. The maximum atomic E-state index is 12.7. The summed E-state index contributed by atoms with van der Waals surface area (Å²) in [5, 5.41) is 12.5. The number of benzene rings is 2. The SMILES string of the molecule is COc1cc(OC)c(/C=C\S(=O)(=O)Cc2ccc(OC)c(NC(=O)CO)c2)c(OC)c1. The van der Waals surface area contributed by atoms with Gasteiger partial charge in [-0.2, -0.15) is 0 Å². The Morgan fingerprint density at radius 3 is 2.10 bits per heavy atom. The van der Waals surface area contributed by atoms with E-state index in [2.05, 4.69) is 5.32 Å². The van der Waals surface area contributed by atoms with Crippen molar-refractivity contribution in [1.82, 2.24) is 0 Å². The van der Waals surface area contributed by atoms with Crippen LogP contribution in [0.3, 0.4) is 0 Å². The minimum Gasteiger partial charge on any atom is -0.496 e. The summed E-state index contributed by atoms with van der Waals surface area (Å²) in [7, 11) is 2.14. The second-order valence-electron chi connectivity index (χ2n) is 6.30. The Kier molecular flexibility index (Phi) is 8.29. The molecule has 0 aliphatic heterocycles. The minimum absolute atomic E-state index is 0.261. The first-order chi connectivity index (χ1) is 14.8. The highest BCUT2D eigenvalue weighted by Gasteiger charge is 2.15. The van der Waals surface area contributed by atoms with Crippen LogP contribution in [-0.2, 0) is 20.4 Å². The molecule has 10 heteroatoms. The summed E-state index contributed by atoms with van der Waals surface area (Å²) < 4.78 is 46.4. The summed E-state index contributed by atoms with van der Waals surface area (Å²) in [6.45, 7) is -0.708. The lowest BCUT2D eigenvalue weighted by molar-refractivity contribution is -0.118. The third kappa shape index (κ3) is 6.37. The first-order valence-electron chi connectivity index (χ1n) is 9.05. The molecule has 9 nitrogen and oxygen atoms in total. The summed E-state index contributed by atoms with van der Waals surface area (Å²) in [5.74, 6) is 0.658. The second kappa shape index (κ2) is 10.7. The predicted octanol–water partition coefficient (Wildman–Crippen LogP) is 2.24. The third-order valence-corrected chi connectivity index (χ3v) is 5.53. The number of carbonyl (C=O) groups excluding carboxylic acids is 1. The van der Waals surface area contributed by atoms with Gasteiger partial charge in [-0.3, -0.25) is 4.79 Å². The quantitative estimate of drug-likeness (QED) is 0.564. The van der Waals surface area contributed by atoms with Crippen LogP contribution in [0.25, 0.3) is 6.08 Å². The summed E-state index contributed by atoms with van der Waals surface area (Å²) in [4.78, 5) is 11.5. The number of methoxy groups -OCH3 is 4. The highest BCUT2D eigenvalue weighted by molar-refractivity contribution is 7.93. The van der Waals surface area contributed by atoms with Crippen LogP contribution >= 0.6 is 0 Å². The van der Waals surface area contributed by atoms with Crippen LogP contribution in [0.2, 0.25) is 0 Å². The largest absolute Gasteiger partial charge is 0.496 e. The number of rotatable bonds is 10. The zero-order valence-electron chi connectivity index (χ0n) is 17.7. The molecule has 0 fully saturated rings. The Bertz CT molecular complexity index is 1040. The van der Waals surface area contributed by atoms with Gasteiger partial charge in [0, 0.05) is 17.5 Å². The number of nitrogens with one attached hydrogen (secondary N) is 1. The Hall–Kier alpha value is -3.24. The van der Waals surface area contributed by atoms with Gasteiger partial charge < -0.3 is 29.4 Å². The topological polar surface area (TPSA) is 120 Å². The maximum Gasteiger partial charge on any atom is 0.250 e. The number of anilines is 1. The lowest BCUT2D eigenvalue weighted by Crippen LogP contribution is -2.16. The van der Waals surface area contributed by atoms with E-state index in [9.17, 15) is 13.2 Å². The smallest absolute Gasteiger partial charge is 0.250 e. The molecule has 2 aromatic rings. The van der Waals surface area contributed by atoms with Crippen molar-refractivity contribution in [3.8, 4) is 23.0 Å². The molecule has 31 heavy (non-hydrogen) atoms. The Balaban J connectivity index is 2.33. The van der Waals surface area contributed by atoms with E-state index < -0.39 is 22.4 Å². The number of aliphatic hydroxyl groups excluding tert-OH is 1. The molecule has 0 unspecified atom stereocenters. The van der Waals surface area contributed by atoms with Gasteiger partial charge in [-0.1, -0.05) is 6.07 Å². The van der Waals surface area contributed by atoms with Crippen molar-refractivity contribution in [2.24, 2.45) is 0 Å². The molecule has 2 N–H and O–H groups in total. The van der Waals surface area contributed by atoms with Gasteiger partial charge in [0.1, 0.15) is 29.6 Å². The fraction of sp³-hybridized carbons (Fsp3) is 0.286. The third-order valence-electron chi connectivity index (χ3n) is 4.24. The van der Waals surface area contributed by atoms with Gasteiger partial charge in [-0.25, -0.2) is 8.42 Å². The molecule has 0 bridgehead atoms. The van der Waals surface area contributed by atoms with Crippen LogP contribution in [0.1, 0.15) is 11.1 Å². The van der Waals surface area contributed by atoms with Crippen LogP contribution in [0, 0.1) is 0 Å². The Morgan fingerprint density at radius 2 is 1.58 bits per heavy atom. The van der Waals surface area contributed by atoms with Gasteiger partial charge in [0.25, 0.3) is 0 Å². The van der Waals surface area contributed by atoms with Crippen molar-refractivity contribution in [2.45, 2.75) is 5.75 Å². The van der Waals surface area contributed by atoms with E-state index in [4.69, 9.17) is 24.1 Å². The van der Waals surface area contributed by atoms with E-state index in [1.165, 1.54) is 46.6 Å². The molecule has 2 aromatic carbocycles. The molecule has 168 valence electrons. The molecule has 0 atom stereocenters. The van der Waals surface area contributed by atoms with E-state index in [0.29, 0.717) is 34.1 Å². The van der Waals surface area contributed by atoms with Crippen molar-refractivity contribution in [3.63, 3.8) is 0 Å². The molecule has 0 spiro atoms. The van der Waals surface area contributed by atoms with Crippen molar-refractivity contribution in [1.29, 1.82) is 0 Å². The zero-order chi connectivity index (χ0) is 23.0. The normalized spacial score (nSPS) is 11.3. The summed E-state index contributed by atoms with van der Waals surface area (Å²) in [5.41, 5.74) is 1.13. The van der Waals surface area contributed by atoms with Gasteiger partial charge in [-0.05, 0) is 23.8 Å². The van der Waals surface area contributed by atoms with Crippen molar-refractivity contribution in [3.05, 3.63) is 46.9 Å². The van der Waals surface area contributed by atoms with Crippen LogP contribution in [-0.4, -0.2) is 54.5 Å². The summed E-state index contributed by atoms with van der Waals surface area (Å²) >= 11 is 0. The molecule has 0 saturated carbocycles. The van der Waals surface area contributed by atoms with Crippen molar-refractivity contribution >= 4 is 27.5 Å². The second-order valence-corrected chi connectivity index (χ2v) is 8.18. The van der Waals surface area contributed by atoms with Gasteiger partial charge in [0.15, 0.2) is 9.84 Å². The van der Waals surface area contributed by atoms with Gasteiger partial charge >= 0.3 is 0 Å². The van der Waals surface area contributed by atoms with Crippen LogP contribution < -0.4 is 24.3 Å². The highest BCUT2D eigenvalue weighted by Crippen LogP contribution is 2.35. The van der Waals surface area contributed by atoms with Crippen LogP contribution in [0.5, 0.6) is 23.0 Å². The van der Waals surface area contributed by atoms with Gasteiger partial charge in [0.05, 0.1) is 45.4 Å². The van der Waals surface area contributed by atoms with E-state index in [1.54, 1.807) is 18.2 Å². The first-order valence-corrected chi connectivity index (χ1v) is 10.8. The fourth-order valence-corrected chi connectivity index (χ4v) is 3.87. The Labute approximate surface area is 181 Å². The standard InChI is InChI=1S/C21H25NO8S/c1-27-15-10-19(29-3)16(20(11-15)30-4)7-8-31(25,26)13-14-5-6-18(28-2)17(9-14)22-21(24)12-23/h5-11,23H,12-13H2,1-4H3,(H,22,24)/b8-7-. The number of carbonyl (C=O) groups is 1. The lowest BCUT2D eigenvalue weighted by atomic mass is 10.1. The van der Waals surface area contributed by atoms with E-state index >= 15 is 0 Å². The van der Waals surface area contributed by atoms with E-state index in [1.807, 2.05) is 0 Å². The molecule has 0 saturated heterocycles. The van der Waals surface area contributed by atoms with Gasteiger partial charge in [-0.15, -0.1) is 0 Å². The molecule has 1 amide bonds. The first kappa shape index (κ1) is 24.0. The number of amides is 1. The number of ether oxygens (including phenoxy) is 4. The number of hydrogen-bond acceptors (Lipinski definition) is 8. The number of aliphatic hydroxyl groups is 1. The average molecular weight is 451 g/mol. The summed E-state index contributed by atoms with van der Waals surface area (Å²) in [6, 6.07) is 7.83. The average Bonchev–Trinajstić information content (AvgIpc) is 2.76. The van der Waals surface area contributed by atoms with Crippen molar-refractivity contribution in [2.75, 3.05) is 40.4 Å². The minimum atomic E-state index is -3.69. The fourth-order valence-electron chi connectivity index (χ4n) is 2.78. The lowest BCUT2D eigenvalue weighted by Gasteiger charge is -2.13. The van der Waals surface area contributed by atoms with Crippen molar-refractivity contribution < 1.29 is 37.3 Å². The molecular formula is C21H25NO8S. The number of hydrogen-bond donors (Lipinski definition) is 2. The predicted molar refractivity (Wildman–Crippen MR) is 116 cm³/mol. The van der Waals surface area contributed by atoms with E-state index in [-0.39, 0.29) is 11.4 Å². The molecule has 0 aliphatic carbocycles. The van der Waals surface area contributed by atoms with Crippen LogP contribution in [0.4, 0.5) is 5.69 Å².